The average molecular weight is 462 g/mol. The highest BCUT2D eigenvalue weighted by atomic mass is 16.5. The van der Waals surface area contributed by atoms with Crippen molar-refractivity contribution in [1.29, 1.82) is 0 Å². The summed E-state index contributed by atoms with van der Waals surface area (Å²) in [6, 6.07) is 8.68. The summed E-state index contributed by atoms with van der Waals surface area (Å²) >= 11 is 0. The number of aromatic nitrogens is 1. The number of aliphatic carboxylic acids is 2. The van der Waals surface area contributed by atoms with Crippen LogP contribution in [0.3, 0.4) is 0 Å². The second kappa shape index (κ2) is 13.1. The Bertz CT molecular complexity index is 939. The summed E-state index contributed by atoms with van der Waals surface area (Å²) in [7, 11) is 0. The first-order valence-corrected chi connectivity index (χ1v) is 10.1. The topological polar surface area (TPSA) is 167 Å². The van der Waals surface area contributed by atoms with Gasteiger partial charge in [0.25, 0.3) is 0 Å². The summed E-state index contributed by atoms with van der Waals surface area (Å²) in [4.78, 5) is 36.0. The van der Waals surface area contributed by atoms with E-state index in [0.717, 1.165) is 17.8 Å². The van der Waals surface area contributed by atoms with Crippen LogP contribution in [-0.4, -0.2) is 87.5 Å². The fourth-order valence-electron chi connectivity index (χ4n) is 3.18. The Hall–Kier alpha value is -3.54. The first-order valence-electron chi connectivity index (χ1n) is 10.1. The summed E-state index contributed by atoms with van der Waals surface area (Å²) in [5, 5.41) is 33.8. The molecule has 0 saturated carbocycles. The normalized spacial score (nSPS) is 15.7. The maximum atomic E-state index is 11.2. The van der Waals surface area contributed by atoms with Gasteiger partial charge in [-0.2, -0.15) is 0 Å². The van der Waals surface area contributed by atoms with E-state index in [-0.39, 0.29) is 24.0 Å². The highest BCUT2D eigenvalue weighted by Crippen LogP contribution is 2.26. The molecular formula is C22H26N2O9. The van der Waals surface area contributed by atoms with Crippen LogP contribution < -0.4 is 4.74 Å². The smallest absolute Gasteiger partial charge is 0.414 e. The molecule has 2 aromatic rings. The molecule has 0 amide bonds. The fraction of sp³-hybridized carbons (Fsp3) is 0.364. The molecule has 33 heavy (non-hydrogen) atoms. The SMILES string of the molecule is O=C(O)C(=O)O.O=Cc1c(O)cccc1OC[C@@H]1COCCN1Cc1cccnc1CCO. The first-order chi connectivity index (χ1) is 15.9. The zero-order valence-corrected chi connectivity index (χ0v) is 17.8. The number of morpholine rings is 1. The lowest BCUT2D eigenvalue weighted by molar-refractivity contribution is -0.159. The number of rotatable bonds is 8. The number of carbonyl (C=O) groups excluding carboxylic acids is 1. The molecular weight excluding hydrogens is 436 g/mol. The Morgan fingerprint density at radius 1 is 1.21 bits per heavy atom. The number of phenols is 1. The zero-order chi connectivity index (χ0) is 24.2. The van der Waals surface area contributed by atoms with Gasteiger partial charge in [0.15, 0.2) is 6.29 Å². The van der Waals surface area contributed by atoms with Gasteiger partial charge >= 0.3 is 11.9 Å². The number of hydrogen-bond donors (Lipinski definition) is 4. The molecule has 1 aliphatic rings. The zero-order valence-electron chi connectivity index (χ0n) is 17.8. The largest absolute Gasteiger partial charge is 0.507 e. The number of aliphatic hydroxyl groups is 1. The van der Waals surface area contributed by atoms with Crippen LogP contribution in [0.5, 0.6) is 11.5 Å². The van der Waals surface area contributed by atoms with E-state index >= 15 is 0 Å². The monoisotopic (exact) mass is 462 g/mol. The second-order valence-electron chi connectivity index (χ2n) is 7.01. The van der Waals surface area contributed by atoms with E-state index in [9.17, 15) is 15.0 Å². The van der Waals surface area contributed by atoms with Gasteiger partial charge in [0.1, 0.15) is 18.1 Å². The maximum Gasteiger partial charge on any atom is 0.414 e. The molecule has 11 nitrogen and oxygen atoms in total. The van der Waals surface area contributed by atoms with Gasteiger partial charge in [0, 0.05) is 38.0 Å². The maximum absolute atomic E-state index is 11.2. The number of aliphatic hydroxyl groups excluding tert-OH is 1. The van der Waals surface area contributed by atoms with Gasteiger partial charge in [0.2, 0.25) is 0 Å². The number of carboxylic acid groups (broad SMARTS) is 2. The van der Waals surface area contributed by atoms with Crippen molar-refractivity contribution in [3.8, 4) is 11.5 Å². The van der Waals surface area contributed by atoms with E-state index in [4.69, 9.17) is 29.3 Å². The Kier molecular flexibility index (Phi) is 10.2. The number of aromatic hydroxyl groups is 1. The van der Waals surface area contributed by atoms with Gasteiger partial charge in [-0.05, 0) is 23.8 Å². The number of benzene rings is 1. The van der Waals surface area contributed by atoms with Gasteiger partial charge in [-0.15, -0.1) is 0 Å². The third-order valence-electron chi connectivity index (χ3n) is 4.83. The van der Waals surface area contributed by atoms with Gasteiger partial charge in [-0.1, -0.05) is 12.1 Å². The molecule has 1 aromatic carbocycles. The van der Waals surface area contributed by atoms with Gasteiger partial charge in [-0.3, -0.25) is 14.7 Å². The van der Waals surface area contributed by atoms with Crippen LogP contribution in [0.15, 0.2) is 36.5 Å². The first kappa shape index (κ1) is 25.7. The van der Waals surface area contributed by atoms with E-state index in [0.29, 0.717) is 44.8 Å². The lowest BCUT2D eigenvalue weighted by atomic mass is 10.1. The third-order valence-corrected chi connectivity index (χ3v) is 4.83. The van der Waals surface area contributed by atoms with Crippen molar-refractivity contribution < 1.29 is 44.3 Å². The van der Waals surface area contributed by atoms with Crippen LogP contribution in [0.4, 0.5) is 0 Å². The number of phenolic OH excluding ortho intramolecular Hbond substituents is 1. The van der Waals surface area contributed by atoms with Crippen LogP contribution in [-0.2, 0) is 27.3 Å². The van der Waals surface area contributed by atoms with E-state index in [1.807, 2.05) is 12.1 Å². The number of nitrogens with zero attached hydrogens (tertiary/aromatic N) is 2. The molecule has 0 spiro atoms. The number of carboxylic acids is 2. The van der Waals surface area contributed by atoms with E-state index in [1.165, 1.54) is 6.07 Å². The van der Waals surface area contributed by atoms with Crippen molar-refractivity contribution in [3.63, 3.8) is 0 Å². The van der Waals surface area contributed by atoms with Crippen LogP contribution >= 0.6 is 0 Å². The fourth-order valence-corrected chi connectivity index (χ4v) is 3.18. The minimum absolute atomic E-state index is 0.00258. The summed E-state index contributed by atoms with van der Waals surface area (Å²) in [6.45, 7) is 2.98. The van der Waals surface area contributed by atoms with E-state index in [2.05, 4.69) is 9.88 Å². The summed E-state index contributed by atoms with van der Waals surface area (Å²) < 4.78 is 11.4. The Labute approximate surface area is 189 Å². The lowest BCUT2D eigenvalue weighted by Gasteiger charge is -2.35. The molecule has 2 heterocycles. The quantitative estimate of drug-likeness (QED) is 0.320. The summed E-state index contributed by atoms with van der Waals surface area (Å²) in [6.07, 6.45) is 2.85. The van der Waals surface area contributed by atoms with Crippen LogP contribution in [0.1, 0.15) is 21.6 Å². The third kappa shape index (κ3) is 7.83. The van der Waals surface area contributed by atoms with Gasteiger partial charge in [0.05, 0.1) is 24.8 Å². The molecule has 0 radical (unpaired) electrons. The molecule has 11 heteroatoms. The number of aldehydes is 1. The van der Waals surface area contributed by atoms with Crippen LogP contribution in [0.2, 0.25) is 0 Å². The highest BCUT2D eigenvalue weighted by Gasteiger charge is 2.25. The van der Waals surface area contributed by atoms with Crippen LogP contribution in [0.25, 0.3) is 0 Å². The number of carbonyl (C=O) groups is 3. The van der Waals surface area contributed by atoms with Crippen molar-refractivity contribution >= 4 is 18.2 Å². The molecule has 1 saturated heterocycles. The highest BCUT2D eigenvalue weighted by molar-refractivity contribution is 6.27. The Morgan fingerprint density at radius 3 is 2.64 bits per heavy atom. The van der Waals surface area contributed by atoms with Crippen molar-refractivity contribution in [2.45, 2.75) is 19.0 Å². The van der Waals surface area contributed by atoms with Crippen molar-refractivity contribution in [3.05, 3.63) is 53.3 Å². The van der Waals surface area contributed by atoms with Gasteiger partial charge in [-0.25, -0.2) is 9.59 Å². The number of hydrogen-bond acceptors (Lipinski definition) is 9. The number of pyridine rings is 1. The minimum atomic E-state index is -1.82. The molecule has 1 aromatic heterocycles. The lowest BCUT2D eigenvalue weighted by Crippen LogP contribution is -2.48. The molecule has 0 unspecified atom stereocenters. The molecule has 1 fully saturated rings. The van der Waals surface area contributed by atoms with Crippen molar-refractivity contribution in [1.82, 2.24) is 9.88 Å². The van der Waals surface area contributed by atoms with E-state index in [1.54, 1.807) is 18.3 Å². The molecule has 1 atom stereocenters. The van der Waals surface area contributed by atoms with Gasteiger partial charge < -0.3 is 29.9 Å². The van der Waals surface area contributed by atoms with Crippen molar-refractivity contribution in [2.75, 3.05) is 33.0 Å². The predicted molar refractivity (Wildman–Crippen MR) is 114 cm³/mol. The van der Waals surface area contributed by atoms with Crippen molar-refractivity contribution in [2.24, 2.45) is 0 Å². The summed E-state index contributed by atoms with van der Waals surface area (Å²) in [5.41, 5.74) is 2.12. The predicted octanol–water partition coefficient (Wildman–Crippen LogP) is 0.570. The Morgan fingerprint density at radius 2 is 1.97 bits per heavy atom. The molecule has 4 N–H and O–H groups in total. The van der Waals surface area contributed by atoms with Crippen LogP contribution in [0, 0.1) is 0 Å². The molecule has 3 rings (SSSR count). The van der Waals surface area contributed by atoms with E-state index < -0.39 is 11.9 Å². The Balaban J connectivity index is 0.000000569. The average Bonchev–Trinajstić information content (AvgIpc) is 2.80. The minimum Gasteiger partial charge on any atom is -0.507 e. The second-order valence-corrected chi connectivity index (χ2v) is 7.01. The standard InChI is InChI=1S/C20H24N2O5.C2H2O4/c23-9-6-18-15(3-2-7-21-18)11-22-8-10-26-13-16(22)14-27-20-5-1-4-19(25)17(20)12-24;3-1(4)2(5)6/h1-5,7,12,16,23,25H,6,8-11,13-14H2;(H,3,4)(H,5,6)/t16-;/m0./s1. The number of ether oxygens (including phenoxy) is 2. The molecule has 178 valence electrons. The molecule has 0 bridgehead atoms. The molecule has 0 aliphatic carbocycles. The molecule has 1 aliphatic heterocycles. The summed E-state index contributed by atoms with van der Waals surface area (Å²) in [5.74, 6) is -3.38.